The number of benzene rings is 1. The van der Waals surface area contributed by atoms with E-state index in [1.807, 2.05) is 6.07 Å². The van der Waals surface area contributed by atoms with E-state index >= 15 is 0 Å². The van der Waals surface area contributed by atoms with Crippen LogP contribution in [0.1, 0.15) is 60.3 Å². The van der Waals surface area contributed by atoms with Gasteiger partial charge in [0.15, 0.2) is 18.0 Å². The third kappa shape index (κ3) is 9.40. The Bertz CT molecular complexity index is 1810. The fraction of sp³-hybridized carbons (Fsp3) is 0.515. The first-order valence-corrected chi connectivity index (χ1v) is 17.7. The number of nitrogens with two attached hydrogens (primary N) is 1. The molecule has 0 spiro atoms. The third-order valence-electron chi connectivity index (χ3n) is 7.51. The fourth-order valence-electron chi connectivity index (χ4n) is 4.81. The summed E-state index contributed by atoms with van der Waals surface area (Å²) < 4.78 is 50.6. The molecule has 6 atom stereocenters. The average Bonchev–Trinajstić information content (AvgIpc) is 3.62. The van der Waals surface area contributed by atoms with Crippen LogP contribution < -0.4 is 15.3 Å². The minimum absolute atomic E-state index is 0.0741. The smallest absolute Gasteiger partial charge is 0.459 e. The summed E-state index contributed by atoms with van der Waals surface area (Å²) in [5, 5.41) is 27.5. The van der Waals surface area contributed by atoms with E-state index in [0.29, 0.717) is 5.52 Å². The Morgan fingerprint density at radius 2 is 1.73 bits per heavy atom. The van der Waals surface area contributed by atoms with Gasteiger partial charge in [0.05, 0.1) is 23.1 Å². The Balaban J connectivity index is 1.77. The maximum absolute atomic E-state index is 14.4. The van der Waals surface area contributed by atoms with Crippen molar-refractivity contribution in [2.45, 2.75) is 84.0 Å². The van der Waals surface area contributed by atoms with Crippen molar-refractivity contribution in [2.75, 3.05) is 18.9 Å². The molecule has 0 saturated carbocycles. The second-order valence-electron chi connectivity index (χ2n) is 13.3. The monoisotopic (exact) mass is 730 g/mol. The van der Waals surface area contributed by atoms with Gasteiger partial charge in [-0.15, -0.1) is 0 Å². The summed E-state index contributed by atoms with van der Waals surface area (Å²) in [4.78, 5) is 43.0. The molecule has 0 aliphatic carbocycles. The van der Waals surface area contributed by atoms with Gasteiger partial charge in [0, 0.05) is 0 Å². The summed E-state index contributed by atoms with van der Waals surface area (Å²) in [6.45, 7) is 9.29. The second kappa shape index (κ2) is 15.7. The van der Waals surface area contributed by atoms with E-state index in [1.165, 1.54) is 43.7 Å². The van der Waals surface area contributed by atoms with Crippen molar-refractivity contribution in [3.63, 3.8) is 0 Å². The molecule has 4 N–H and O–H groups in total. The maximum atomic E-state index is 14.4. The van der Waals surface area contributed by atoms with Crippen LogP contribution in [0, 0.1) is 23.2 Å². The number of nitrogens with one attached hydrogen (secondary N) is 1. The van der Waals surface area contributed by atoms with Crippen LogP contribution in [0.2, 0.25) is 0 Å². The number of nitrogens with zero attached hydrogens (tertiary/aromatic N) is 4. The maximum Gasteiger partial charge on any atom is 0.459 e. The van der Waals surface area contributed by atoms with Gasteiger partial charge in [-0.2, -0.15) is 15.4 Å². The number of fused-ring (bicyclic) bond motifs is 1. The zero-order valence-corrected chi connectivity index (χ0v) is 30.2. The molecule has 17 nitrogen and oxygen atoms in total. The number of aromatic nitrogens is 3. The highest BCUT2D eigenvalue weighted by Gasteiger charge is 2.62. The highest BCUT2D eigenvalue weighted by Crippen LogP contribution is 2.50. The molecule has 2 aromatic heterocycles. The first-order valence-electron chi connectivity index (χ1n) is 16.1. The van der Waals surface area contributed by atoms with Crippen molar-refractivity contribution in [1.82, 2.24) is 19.7 Å². The molecule has 1 aromatic carbocycles. The topological polar surface area (TPSA) is 236 Å². The quantitative estimate of drug-likeness (QED) is 0.116. The number of carbonyl (C=O) groups is 3. The molecule has 0 amide bonds. The van der Waals surface area contributed by atoms with Gasteiger partial charge in [-0.25, -0.2) is 14.1 Å². The van der Waals surface area contributed by atoms with Gasteiger partial charge in [0.1, 0.15) is 49.0 Å². The number of esters is 3. The van der Waals surface area contributed by atoms with E-state index in [0.717, 1.165) is 0 Å². The lowest BCUT2D eigenvalue weighted by Gasteiger charge is -2.31. The molecule has 18 heteroatoms. The first kappa shape index (κ1) is 39.2. The number of para-hydroxylation sites is 1. The van der Waals surface area contributed by atoms with E-state index in [2.05, 4.69) is 15.2 Å². The zero-order chi connectivity index (χ0) is 37.7. The number of hydrogen-bond donors (Lipinski definition) is 3. The van der Waals surface area contributed by atoms with Crippen molar-refractivity contribution >= 4 is 37.0 Å². The normalized spacial score (nSPS) is 22.3. The standard InChI is InChI=1S/C33H43N6O11P/c1-19(2)29(40)47-26-25(23-13-14-24-28(35)36-18-37-39(23)24)49-33(15-34,27(26)48-30(41)20(3)4)17-46-51(44,50-22-11-9-8-10-12-22)38-21(5)31(42)45-16-32(6,7)43/h8-14,18-21,25-27,43H,16-17H2,1-7H3,(H,38,44)(H2,35,36,37)/t21-,25-,26-,27-,33+,51-/m0/s1. The van der Waals surface area contributed by atoms with Gasteiger partial charge in [-0.1, -0.05) is 45.9 Å². The third-order valence-corrected chi connectivity index (χ3v) is 9.14. The molecule has 1 aliphatic rings. The van der Waals surface area contributed by atoms with Gasteiger partial charge in [-0.05, 0) is 45.0 Å². The fourth-order valence-corrected chi connectivity index (χ4v) is 6.33. The number of carbonyl (C=O) groups excluding carboxylic acids is 3. The van der Waals surface area contributed by atoms with E-state index in [9.17, 15) is 29.3 Å². The molecule has 3 heterocycles. The van der Waals surface area contributed by atoms with Gasteiger partial charge in [-0.3, -0.25) is 18.9 Å². The van der Waals surface area contributed by atoms with Crippen molar-refractivity contribution in [3.05, 3.63) is 54.5 Å². The number of ether oxygens (including phenoxy) is 4. The average molecular weight is 731 g/mol. The van der Waals surface area contributed by atoms with Crippen LogP contribution in [0.15, 0.2) is 48.8 Å². The summed E-state index contributed by atoms with van der Waals surface area (Å²) in [6.07, 6.45) is -3.20. The van der Waals surface area contributed by atoms with E-state index in [4.69, 9.17) is 33.7 Å². The number of hydrogen-bond acceptors (Lipinski definition) is 15. The highest BCUT2D eigenvalue weighted by atomic mass is 31.2. The van der Waals surface area contributed by atoms with Gasteiger partial charge >= 0.3 is 25.7 Å². The van der Waals surface area contributed by atoms with E-state index < -0.39 is 79.7 Å². The van der Waals surface area contributed by atoms with Crippen molar-refractivity contribution in [3.8, 4) is 11.8 Å². The molecule has 276 valence electrons. The molecule has 1 fully saturated rings. The van der Waals surface area contributed by atoms with E-state index in [1.54, 1.807) is 58.0 Å². The molecule has 0 unspecified atom stereocenters. The Hall–Kier alpha value is -4.59. The first-order chi connectivity index (χ1) is 23.9. The summed E-state index contributed by atoms with van der Waals surface area (Å²) in [7, 11) is -4.63. The summed E-state index contributed by atoms with van der Waals surface area (Å²) in [6, 6.07) is 11.7. The van der Waals surface area contributed by atoms with Crippen molar-refractivity contribution in [2.24, 2.45) is 11.8 Å². The SMILES string of the molecule is CC(C)C(=O)O[C@H]1[C@H](c2ccc3c(N)ncnn23)O[C@](C#N)(CO[P@@](=O)(N[C@@H](C)C(=O)OCC(C)(C)O)Oc2ccccc2)[C@H]1OC(=O)C(C)C. The largest absolute Gasteiger partial charge is 0.461 e. The molecular formula is C33H43N6O11P. The van der Waals surface area contributed by atoms with Crippen LogP contribution in [-0.2, 0) is 42.4 Å². The highest BCUT2D eigenvalue weighted by molar-refractivity contribution is 7.52. The van der Waals surface area contributed by atoms with Crippen LogP contribution >= 0.6 is 7.75 Å². The molecule has 1 saturated heterocycles. The Labute approximate surface area is 294 Å². The Kier molecular flexibility index (Phi) is 12.1. The lowest BCUT2D eigenvalue weighted by molar-refractivity contribution is -0.173. The lowest BCUT2D eigenvalue weighted by atomic mass is 9.95. The summed E-state index contributed by atoms with van der Waals surface area (Å²) >= 11 is 0. The van der Waals surface area contributed by atoms with Crippen LogP contribution in [0.5, 0.6) is 5.75 Å². The zero-order valence-electron chi connectivity index (χ0n) is 29.3. The Morgan fingerprint density at radius 1 is 1.08 bits per heavy atom. The molecular weight excluding hydrogens is 687 g/mol. The lowest BCUT2D eigenvalue weighted by Crippen LogP contribution is -2.50. The number of aliphatic hydroxyl groups is 1. The van der Waals surface area contributed by atoms with Crippen LogP contribution in [0.4, 0.5) is 5.82 Å². The van der Waals surface area contributed by atoms with Crippen molar-refractivity contribution < 1.29 is 52.1 Å². The van der Waals surface area contributed by atoms with Gasteiger partial charge in [0.25, 0.3) is 0 Å². The molecule has 3 aromatic rings. The number of nitrogen functional groups attached to an aromatic ring is 1. The second-order valence-corrected chi connectivity index (χ2v) is 14.9. The minimum atomic E-state index is -4.63. The minimum Gasteiger partial charge on any atom is -0.461 e. The predicted molar refractivity (Wildman–Crippen MR) is 179 cm³/mol. The number of rotatable bonds is 15. The van der Waals surface area contributed by atoms with Gasteiger partial charge in [0.2, 0.25) is 5.60 Å². The number of nitriles is 1. The molecule has 51 heavy (non-hydrogen) atoms. The summed E-state index contributed by atoms with van der Waals surface area (Å²) in [5.74, 6) is -3.46. The van der Waals surface area contributed by atoms with Gasteiger partial charge < -0.3 is 34.3 Å². The van der Waals surface area contributed by atoms with Crippen LogP contribution in [0.25, 0.3) is 5.52 Å². The summed E-state index contributed by atoms with van der Waals surface area (Å²) in [5.41, 5.74) is 3.06. The van der Waals surface area contributed by atoms with Crippen LogP contribution in [-0.4, -0.2) is 80.3 Å². The molecule has 0 bridgehead atoms. The molecule has 1 aliphatic heterocycles. The number of anilines is 1. The van der Waals surface area contributed by atoms with Crippen LogP contribution in [0.3, 0.4) is 0 Å². The molecule has 0 radical (unpaired) electrons. The van der Waals surface area contributed by atoms with Crippen molar-refractivity contribution in [1.29, 1.82) is 5.26 Å². The van der Waals surface area contributed by atoms with E-state index in [-0.39, 0.29) is 23.9 Å². The predicted octanol–water partition coefficient (Wildman–Crippen LogP) is 3.28. The molecule has 4 rings (SSSR count). The Morgan fingerprint density at radius 3 is 2.33 bits per heavy atom.